The molecule has 1 atom stereocenters. The maximum Gasteiger partial charge on any atom is 0.355 e. The van der Waals surface area contributed by atoms with Crippen molar-refractivity contribution in [2.45, 2.75) is 26.9 Å². The highest BCUT2D eigenvalue weighted by molar-refractivity contribution is 6.46. The van der Waals surface area contributed by atoms with Crippen molar-refractivity contribution in [2.75, 3.05) is 26.3 Å². The molecule has 1 aliphatic rings. The van der Waals surface area contributed by atoms with Crippen LogP contribution in [0, 0.1) is 13.8 Å². The number of nitrogens with zero attached hydrogens (tertiary/aromatic N) is 1. The van der Waals surface area contributed by atoms with Gasteiger partial charge in [0, 0.05) is 25.8 Å². The molecule has 0 aliphatic carbocycles. The van der Waals surface area contributed by atoms with Crippen LogP contribution in [0.1, 0.15) is 39.0 Å². The maximum atomic E-state index is 12.6. The van der Waals surface area contributed by atoms with E-state index in [0.717, 1.165) is 0 Å². The van der Waals surface area contributed by atoms with Crippen LogP contribution in [0.3, 0.4) is 0 Å². The molecule has 126 valence electrons. The number of esters is 1. The van der Waals surface area contributed by atoms with E-state index in [2.05, 4.69) is 5.32 Å². The molecule has 0 amide bonds. The summed E-state index contributed by atoms with van der Waals surface area (Å²) in [5.41, 5.74) is 1.58. The van der Waals surface area contributed by atoms with Gasteiger partial charge in [-0.2, -0.15) is 0 Å². The minimum Gasteiger partial charge on any atom is -0.461 e. The first kappa shape index (κ1) is 17.4. The summed E-state index contributed by atoms with van der Waals surface area (Å²) in [5.74, 6) is -1.72. The monoisotopic (exact) mass is 322 g/mol. The van der Waals surface area contributed by atoms with Crippen molar-refractivity contribution in [3.63, 3.8) is 0 Å². The summed E-state index contributed by atoms with van der Waals surface area (Å²) in [6.07, 6.45) is -0.777. The molecule has 7 heteroatoms. The predicted octanol–water partition coefficient (Wildman–Crippen LogP) is 0.559. The average molecular weight is 322 g/mol. The summed E-state index contributed by atoms with van der Waals surface area (Å²) in [4.78, 5) is 37.1. The highest BCUT2D eigenvalue weighted by atomic mass is 16.5. The molecule has 1 saturated heterocycles. The molecule has 23 heavy (non-hydrogen) atoms. The number of nitrogens with one attached hydrogen (secondary N) is 1. The summed E-state index contributed by atoms with van der Waals surface area (Å²) in [7, 11) is 1.68. The molecule has 0 bridgehead atoms. The number of ketones is 2. The molecule has 0 saturated carbocycles. The van der Waals surface area contributed by atoms with Gasteiger partial charge in [0.25, 0.3) is 0 Å². The normalized spacial score (nSPS) is 17.8. The number of rotatable bonds is 5. The van der Waals surface area contributed by atoms with Gasteiger partial charge < -0.3 is 19.4 Å². The van der Waals surface area contributed by atoms with Gasteiger partial charge in [-0.1, -0.05) is 0 Å². The summed E-state index contributed by atoms with van der Waals surface area (Å²) in [6.45, 7) is 6.69. The Labute approximate surface area is 134 Å². The highest BCUT2D eigenvalue weighted by Gasteiger charge is 2.33. The average Bonchev–Trinajstić information content (AvgIpc) is 2.77. The number of carbonyl (C=O) groups is 3. The van der Waals surface area contributed by atoms with Gasteiger partial charge in [0.15, 0.2) is 0 Å². The lowest BCUT2D eigenvalue weighted by Gasteiger charge is -2.21. The second-order valence-electron chi connectivity index (χ2n) is 5.47. The standard InChI is InChI=1S/C16H22N2O5/c1-5-22-16(21)13-9(2)12(10(3)18(13)4)15(20)14(19)11-8-17-6-7-23-11/h11,17H,5-8H2,1-4H3. The first-order chi connectivity index (χ1) is 10.9. The van der Waals surface area contributed by atoms with E-state index in [9.17, 15) is 14.4 Å². The van der Waals surface area contributed by atoms with Gasteiger partial charge in [-0.15, -0.1) is 0 Å². The fourth-order valence-corrected chi connectivity index (χ4v) is 2.80. The van der Waals surface area contributed by atoms with Crippen molar-refractivity contribution >= 4 is 17.5 Å². The molecular weight excluding hydrogens is 300 g/mol. The number of Topliss-reactive ketones (excluding diaryl/α,β-unsaturated/α-hetero) is 2. The molecule has 7 nitrogen and oxygen atoms in total. The molecule has 1 unspecified atom stereocenters. The fraction of sp³-hybridized carbons (Fsp3) is 0.562. The number of hydrogen-bond donors (Lipinski definition) is 1. The van der Waals surface area contributed by atoms with Crippen LogP contribution in [-0.4, -0.2) is 54.5 Å². The molecule has 0 aromatic carbocycles. The van der Waals surface area contributed by atoms with E-state index in [1.807, 2.05) is 0 Å². The first-order valence-corrected chi connectivity index (χ1v) is 7.64. The molecule has 1 aromatic heterocycles. The zero-order valence-corrected chi connectivity index (χ0v) is 13.9. The number of aromatic nitrogens is 1. The summed E-state index contributed by atoms with van der Waals surface area (Å²) in [6, 6.07) is 0. The van der Waals surface area contributed by atoms with Crippen molar-refractivity contribution in [2.24, 2.45) is 7.05 Å². The molecule has 1 aromatic rings. The predicted molar refractivity (Wildman–Crippen MR) is 82.8 cm³/mol. The van der Waals surface area contributed by atoms with Crippen LogP contribution in [0.15, 0.2) is 0 Å². The van der Waals surface area contributed by atoms with Gasteiger partial charge in [0.1, 0.15) is 11.8 Å². The summed E-state index contributed by atoms with van der Waals surface area (Å²) in [5, 5.41) is 3.03. The molecule has 0 radical (unpaired) electrons. The minimum atomic E-state index is -0.777. The summed E-state index contributed by atoms with van der Waals surface area (Å²) < 4.78 is 12.0. The highest BCUT2D eigenvalue weighted by Crippen LogP contribution is 2.23. The molecule has 0 spiro atoms. The van der Waals surface area contributed by atoms with Gasteiger partial charge in [-0.25, -0.2) is 4.79 Å². The maximum absolute atomic E-state index is 12.6. The molecular formula is C16H22N2O5. The van der Waals surface area contributed by atoms with Gasteiger partial charge in [0.05, 0.1) is 18.8 Å². The van der Waals surface area contributed by atoms with Crippen molar-refractivity contribution in [3.8, 4) is 0 Å². The van der Waals surface area contributed by atoms with E-state index >= 15 is 0 Å². The van der Waals surface area contributed by atoms with Crippen molar-refractivity contribution < 1.29 is 23.9 Å². The number of carbonyl (C=O) groups excluding carboxylic acids is 3. The van der Waals surface area contributed by atoms with Crippen LogP contribution in [0.4, 0.5) is 0 Å². The topological polar surface area (TPSA) is 86.6 Å². The molecule has 1 N–H and O–H groups in total. The molecule has 2 rings (SSSR count). The van der Waals surface area contributed by atoms with Crippen LogP contribution in [-0.2, 0) is 21.3 Å². The van der Waals surface area contributed by atoms with Crippen LogP contribution < -0.4 is 5.32 Å². The third kappa shape index (κ3) is 3.20. The van der Waals surface area contributed by atoms with E-state index in [0.29, 0.717) is 36.6 Å². The Morgan fingerprint density at radius 1 is 1.35 bits per heavy atom. The van der Waals surface area contributed by atoms with Crippen molar-refractivity contribution in [3.05, 3.63) is 22.5 Å². The number of hydrogen-bond acceptors (Lipinski definition) is 6. The first-order valence-electron chi connectivity index (χ1n) is 7.64. The Bertz CT molecular complexity index is 641. The van der Waals surface area contributed by atoms with Crippen LogP contribution >= 0.6 is 0 Å². The zero-order chi connectivity index (χ0) is 17.1. The van der Waals surface area contributed by atoms with Gasteiger partial charge >= 0.3 is 5.97 Å². The second-order valence-corrected chi connectivity index (χ2v) is 5.47. The Morgan fingerprint density at radius 2 is 2.04 bits per heavy atom. The van der Waals surface area contributed by atoms with E-state index in [4.69, 9.17) is 9.47 Å². The number of morpholine rings is 1. The minimum absolute atomic E-state index is 0.242. The van der Waals surface area contributed by atoms with Gasteiger partial charge in [-0.3, -0.25) is 9.59 Å². The van der Waals surface area contributed by atoms with Crippen molar-refractivity contribution in [1.29, 1.82) is 0 Å². The quantitative estimate of drug-likeness (QED) is 0.484. The van der Waals surface area contributed by atoms with Crippen LogP contribution in [0.25, 0.3) is 0 Å². The molecule has 2 heterocycles. The third-order valence-corrected chi connectivity index (χ3v) is 4.07. The number of ether oxygens (including phenoxy) is 2. The fourth-order valence-electron chi connectivity index (χ4n) is 2.80. The van der Waals surface area contributed by atoms with Gasteiger partial charge in [-0.05, 0) is 26.3 Å². The Hall–Kier alpha value is -1.99. The van der Waals surface area contributed by atoms with E-state index in [1.54, 1.807) is 32.4 Å². The van der Waals surface area contributed by atoms with E-state index in [1.165, 1.54) is 0 Å². The second kappa shape index (κ2) is 7.06. The van der Waals surface area contributed by atoms with E-state index < -0.39 is 23.6 Å². The zero-order valence-electron chi connectivity index (χ0n) is 13.9. The lowest BCUT2D eigenvalue weighted by Crippen LogP contribution is -2.45. The SMILES string of the molecule is CCOC(=O)c1c(C)c(C(=O)C(=O)C2CNCCO2)c(C)n1C. The lowest BCUT2D eigenvalue weighted by atomic mass is 9.99. The Morgan fingerprint density at radius 3 is 2.61 bits per heavy atom. The lowest BCUT2D eigenvalue weighted by molar-refractivity contribution is -0.127. The summed E-state index contributed by atoms with van der Waals surface area (Å²) >= 11 is 0. The van der Waals surface area contributed by atoms with Crippen molar-refractivity contribution in [1.82, 2.24) is 9.88 Å². The largest absolute Gasteiger partial charge is 0.461 e. The Kier molecular flexibility index (Phi) is 5.33. The Balaban J connectivity index is 2.35. The third-order valence-electron chi connectivity index (χ3n) is 4.07. The van der Waals surface area contributed by atoms with E-state index in [-0.39, 0.29) is 12.2 Å². The van der Waals surface area contributed by atoms with Gasteiger partial charge in [0.2, 0.25) is 11.6 Å². The molecule has 1 aliphatic heterocycles. The van der Waals surface area contributed by atoms with Crippen LogP contribution in [0.2, 0.25) is 0 Å². The molecule has 1 fully saturated rings. The smallest absolute Gasteiger partial charge is 0.355 e. The van der Waals surface area contributed by atoms with Crippen LogP contribution in [0.5, 0.6) is 0 Å².